The van der Waals surface area contributed by atoms with Gasteiger partial charge in [0, 0.05) is 18.2 Å². The fourth-order valence-electron chi connectivity index (χ4n) is 5.35. The number of hydrogen-bond acceptors (Lipinski definition) is 4. The summed E-state index contributed by atoms with van der Waals surface area (Å²) < 4.78 is 33.5. The zero-order valence-corrected chi connectivity index (χ0v) is 24.5. The molecule has 4 nitrogen and oxygen atoms in total. The summed E-state index contributed by atoms with van der Waals surface area (Å²) in [5.41, 5.74) is 6.69. The van der Waals surface area contributed by atoms with Gasteiger partial charge >= 0.3 is 10.1 Å². The molecule has 0 aliphatic rings. The van der Waals surface area contributed by atoms with E-state index in [2.05, 4.69) is 67.4 Å². The molecule has 0 aliphatic heterocycles. The summed E-state index contributed by atoms with van der Waals surface area (Å²) in [6, 6.07) is 33.9. The number of benzene rings is 5. The van der Waals surface area contributed by atoms with E-state index in [1.54, 1.807) is 18.2 Å². The Morgan fingerprint density at radius 3 is 2.15 bits per heavy atom. The van der Waals surface area contributed by atoms with E-state index in [0.29, 0.717) is 17.9 Å². The first-order valence-corrected chi connectivity index (χ1v) is 14.9. The predicted molar refractivity (Wildman–Crippen MR) is 164 cm³/mol. The summed E-state index contributed by atoms with van der Waals surface area (Å²) in [5, 5.41) is 2.07. The van der Waals surface area contributed by atoms with Crippen LogP contribution in [0.5, 0.6) is 5.75 Å². The lowest BCUT2D eigenvalue weighted by atomic mass is 9.89. The normalized spacial score (nSPS) is 12.6. The minimum Gasteiger partial charge on any atom is -0.379 e. The summed E-state index contributed by atoms with van der Waals surface area (Å²) in [6.07, 6.45) is 0. The molecule has 0 amide bonds. The van der Waals surface area contributed by atoms with Gasteiger partial charge in [0.05, 0.1) is 0 Å². The van der Waals surface area contributed by atoms with Crippen molar-refractivity contribution in [2.24, 2.45) is 0 Å². The molecule has 5 rings (SSSR count). The second-order valence-corrected chi connectivity index (χ2v) is 12.1. The van der Waals surface area contributed by atoms with Crippen molar-refractivity contribution in [1.82, 2.24) is 4.90 Å². The average molecular weight is 550 g/mol. The first kappa shape index (κ1) is 27.6. The van der Waals surface area contributed by atoms with Crippen molar-refractivity contribution in [3.05, 3.63) is 131 Å². The SMILES string of the molecule is Cc1ccc(OS(=O)(=O)c2cc(C)cc(C)c2-c2c(CN(C)[C@H](C)c3ccccc3)ccc3ccccc23)cc1. The van der Waals surface area contributed by atoms with Gasteiger partial charge in [-0.15, -0.1) is 0 Å². The Labute approximate surface area is 238 Å². The fraction of sp³-hybridized carbons (Fsp3) is 0.200. The van der Waals surface area contributed by atoms with E-state index >= 15 is 0 Å². The zero-order chi connectivity index (χ0) is 28.4. The summed E-state index contributed by atoms with van der Waals surface area (Å²) in [5.74, 6) is 0.297. The van der Waals surface area contributed by atoms with Crippen molar-refractivity contribution >= 4 is 20.9 Å². The molecule has 0 aromatic heterocycles. The molecule has 0 unspecified atom stereocenters. The third kappa shape index (κ3) is 5.67. The average Bonchev–Trinajstić information content (AvgIpc) is 2.94. The number of nitrogens with zero attached hydrogens (tertiary/aromatic N) is 1. The lowest BCUT2D eigenvalue weighted by molar-refractivity contribution is 0.253. The summed E-state index contributed by atoms with van der Waals surface area (Å²) in [6.45, 7) is 8.69. The Morgan fingerprint density at radius 1 is 0.750 bits per heavy atom. The Morgan fingerprint density at radius 2 is 1.43 bits per heavy atom. The molecule has 0 bridgehead atoms. The van der Waals surface area contributed by atoms with Crippen molar-refractivity contribution < 1.29 is 12.6 Å². The second-order valence-electron chi connectivity index (χ2n) is 10.6. The van der Waals surface area contributed by atoms with Gasteiger partial charge in [-0.2, -0.15) is 8.42 Å². The molecule has 204 valence electrons. The predicted octanol–water partition coefficient (Wildman–Crippen LogP) is 8.39. The Kier molecular flexibility index (Phi) is 7.79. The Hall–Kier alpha value is -3.93. The quantitative estimate of drug-likeness (QED) is 0.182. The maximum absolute atomic E-state index is 13.9. The number of aryl methyl sites for hydroxylation is 3. The van der Waals surface area contributed by atoms with Crippen molar-refractivity contribution in [1.29, 1.82) is 0 Å². The lowest BCUT2D eigenvalue weighted by Gasteiger charge is -2.27. The van der Waals surface area contributed by atoms with Gasteiger partial charge in [-0.1, -0.05) is 90.5 Å². The molecule has 0 saturated carbocycles. The molecule has 0 N–H and O–H groups in total. The third-order valence-electron chi connectivity index (χ3n) is 7.57. The van der Waals surface area contributed by atoms with Crippen LogP contribution in [0.25, 0.3) is 21.9 Å². The van der Waals surface area contributed by atoms with Gasteiger partial charge in [-0.25, -0.2) is 0 Å². The topological polar surface area (TPSA) is 46.6 Å². The molecule has 0 fully saturated rings. The number of hydrogen-bond donors (Lipinski definition) is 0. The number of fused-ring (bicyclic) bond motifs is 1. The van der Waals surface area contributed by atoms with Crippen LogP contribution in [0.4, 0.5) is 0 Å². The molecule has 0 heterocycles. The van der Waals surface area contributed by atoms with Crippen LogP contribution in [0.15, 0.2) is 108 Å². The van der Waals surface area contributed by atoms with E-state index in [9.17, 15) is 8.42 Å². The number of rotatable bonds is 8. The molecule has 5 aromatic carbocycles. The van der Waals surface area contributed by atoms with E-state index in [1.807, 2.05) is 57.2 Å². The van der Waals surface area contributed by atoms with Crippen LogP contribution in [0.3, 0.4) is 0 Å². The monoisotopic (exact) mass is 549 g/mol. The van der Waals surface area contributed by atoms with Gasteiger partial charge in [0.25, 0.3) is 0 Å². The van der Waals surface area contributed by atoms with E-state index in [1.165, 1.54) is 5.56 Å². The molecular weight excluding hydrogens is 514 g/mol. The summed E-state index contributed by atoms with van der Waals surface area (Å²) >= 11 is 0. The highest BCUT2D eigenvalue weighted by atomic mass is 32.2. The highest BCUT2D eigenvalue weighted by Gasteiger charge is 2.27. The lowest BCUT2D eigenvalue weighted by Crippen LogP contribution is -2.22. The standard InChI is InChI=1S/C35H35NO3S/c1-24-15-19-31(20-16-24)39-40(37,38)33-22-25(2)21-26(3)34(33)35-30(18-17-29-13-9-10-14-32(29)35)23-36(5)27(4)28-11-7-6-8-12-28/h6-22,27H,23H2,1-5H3/t27-/m1/s1. The summed E-state index contributed by atoms with van der Waals surface area (Å²) in [4.78, 5) is 2.48. The Bertz CT molecular complexity index is 1760. The van der Waals surface area contributed by atoms with E-state index < -0.39 is 10.1 Å². The van der Waals surface area contributed by atoms with Gasteiger partial charge in [-0.3, -0.25) is 4.90 Å². The molecule has 0 saturated heterocycles. The third-order valence-corrected chi connectivity index (χ3v) is 8.84. The van der Waals surface area contributed by atoms with Crippen LogP contribution in [0.1, 0.15) is 40.8 Å². The van der Waals surface area contributed by atoms with Crippen LogP contribution in [0, 0.1) is 20.8 Å². The van der Waals surface area contributed by atoms with Crippen LogP contribution in [-0.4, -0.2) is 20.4 Å². The fourth-order valence-corrected chi connectivity index (χ4v) is 6.64. The van der Waals surface area contributed by atoms with Crippen LogP contribution in [-0.2, 0) is 16.7 Å². The van der Waals surface area contributed by atoms with Gasteiger partial charge in [0.1, 0.15) is 10.6 Å². The van der Waals surface area contributed by atoms with Crippen LogP contribution in [0.2, 0.25) is 0 Å². The van der Waals surface area contributed by atoms with Gasteiger partial charge in [0.2, 0.25) is 0 Å². The van der Waals surface area contributed by atoms with E-state index in [4.69, 9.17) is 4.18 Å². The van der Waals surface area contributed by atoms with Gasteiger partial charge < -0.3 is 4.18 Å². The smallest absolute Gasteiger partial charge is 0.339 e. The zero-order valence-electron chi connectivity index (χ0n) is 23.7. The molecule has 5 heteroatoms. The molecule has 0 radical (unpaired) electrons. The molecule has 40 heavy (non-hydrogen) atoms. The van der Waals surface area contributed by atoms with Crippen molar-refractivity contribution in [3.8, 4) is 16.9 Å². The molecule has 1 atom stereocenters. The van der Waals surface area contributed by atoms with Gasteiger partial charge in [0.15, 0.2) is 0 Å². The first-order valence-electron chi connectivity index (χ1n) is 13.5. The van der Waals surface area contributed by atoms with Crippen molar-refractivity contribution in [2.45, 2.75) is 45.2 Å². The van der Waals surface area contributed by atoms with Crippen LogP contribution >= 0.6 is 0 Å². The molecule has 0 aliphatic carbocycles. The minimum absolute atomic E-state index is 0.174. The highest BCUT2D eigenvalue weighted by Crippen LogP contribution is 2.40. The van der Waals surface area contributed by atoms with E-state index in [0.717, 1.165) is 38.6 Å². The summed E-state index contributed by atoms with van der Waals surface area (Å²) in [7, 11) is -2.03. The second kappa shape index (κ2) is 11.3. The van der Waals surface area contributed by atoms with Crippen LogP contribution < -0.4 is 4.18 Å². The molecule has 0 spiro atoms. The van der Waals surface area contributed by atoms with Crippen molar-refractivity contribution in [2.75, 3.05) is 7.05 Å². The maximum atomic E-state index is 13.9. The maximum Gasteiger partial charge on any atom is 0.339 e. The van der Waals surface area contributed by atoms with Gasteiger partial charge in [-0.05, 0) is 91.5 Å². The Balaban J connectivity index is 1.68. The van der Waals surface area contributed by atoms with Crippen molar-refractivity contribution in [3.63, 3.8) is 0 Å². The molecular formula is C35H35NO3S. The van der Waals surface area contributed by atoms with E-state index in [-0.39, 0.29) is 10.9 Å². The minimum atomic E-state index is -4.14. The highest BCUT2D eigenvalue weighted by molar-refractivity contribution is 7.87. The largest absolute Gasteiger partial charge is 0.379 e. The first-order chi connectivity index (χ1) is 19.1. The molecule has 5 aromatic rings.